The highest BCUT2D eigenvalue weighted by atomic mass is 32.1. The van der Waals surface area contributed by atoms with E-state index in [1.54, 1.807) is 23.7 Å². The number of carbonyl (C=O) groups is 1. The third-order valence-corrected chi connectivity index (χ3v) is 5.53. The van der Waals surface area contributed by atoms with Gasteiger partial charge in [-0.15, -0.1) is 0 Å². The second kappa shape index (κ2) is 6.53. The maximum Gasteiger partial charge on any atom is 0.254 e. The van der Waals surface area contributed by atoms with E-state index in [0.29, 0.717) is 6.61 Å². The lowest BCUT2D eigenvalue weighted by atomic mass is 9.88. The highest BCUT2D eigenvalue weighted by Crippen LogP contribution is 2.37. The van der Waals surface area contributed by atoms with Gasteiger partial charge in [0.25, 0.3) is 5.91 Å². The minimum atomic E-state index is -0.141. The number of ether oxygens (including phenoxy) is 2. The summed E-state index contributed by atoms with van der Waals surface area (Å²) >= 11 is 1.56. The quantitative estimate of drug-likeness (QED) is 0.859. The van der Waals surface area contributed by atoms with Crippen LogP contribution in [0.4, 0.5) is 0 Å². The minimum Gasteiger partial charge on any atom is -0.486 e. The van der Waals surface area contributed by atoms with E-state index in [1.165, 1.54) is 0 Å². The van der Waals surface area contributed by atoms with Crippen LogP contribution in [0, 0.1) is 0 Å². The molecule has 126 valence electrons. The summed E-state index contributed by atoms with van der Waals surface area (Å²) in [6.45, 7) is 2.09. The second-order valence-electron chi connectivity index (χ2n) is 6.43. The molecule has 2 fully saturated rings. The smallest absolute Gasteiger partial charge is 0.254 e. The molecule has 0 aromatic carbocycles. The summed E-state index contributed by atoms with van der Waals surface area (Å²) in [4.78, 5) is 18.4. The number of piperidine rings is 1. The van der Waals surface area contributed by atoms with Gasteiger partial charge in [0.2, 0.25) is 0 Å². The Bertz CT molecular complexity index is 682. The molecule has 1 spiro atoms. The van der Waals surface area contributed by atoms with Crippen LogP contribution in [0.2, 0.25) is 0 Å². The van der Waals surface area contributed by atoms with Crippen molar-refractivity contribution >= 4 is 17.2 Å². The monoisotopic (exact) mass is 344 g/mol. The molecular weight excluding hydrogens is 324 g/mol. The van der Waals surface area contributed by atoms with E-state index < -0.39 is 0 Å². The Balaban J connectivity index is 1.33. The molecule has 0 saturated carbocycles. The Morgan fingerprint density at radius 1 is 1.38 bits per heavy atom. The van der Waals surface area contributed by atoms with Gasteiger partial charge in [0.05, 0.1) is 24.0 Å². The Hall–Kier alpha value is -1.92. The first kappa shape index (κ1) is 15.6. The minimum absolute atomic E-state index is 0.0633. The fourth-order valence-electron chi connectivity index (χ4n) is 3.52. The summed E-state index contributed by atoms with van der Waals surface area (Å²) in [6, 6.07) is 5.68. The molecule has 4 heterocycles. The molecule has 1 amide bonds. The van der Waals surface area contributed by atoms with Crippen molar-refractivity contribution in [2.45, 2.75) is 31.0 Å². The molecular formula is C18H20N2O3S. The number of pyridine rings is 1. The fraction of sp³-hybridized carbons (Fsp3) is 0.444. The summed E-state index contributed by atoms with van der Waals surface area (Å²) < 4.78 is 12.1. The molecule has 6 heteroatoms. The molecule has 0 N–H and O–H groups in total. The van der Waals surface area contributed by atoms with Crippen LogP contribution in [0.1, 0.15) is 29.6 Å². The van der Waals surface area contributed by atoms with Gasteiger partial charge in [-0.1, -0.05) is 0 Å². The number of hydrogen-bond acceptors (Lipinski definition) is 5. The van der Waals surface area contributed by atoms with E-state index in [2.05, 4.69) is 4.98 Å². The topological polar surface area (TPSA) is 51.7 Å². The van der Waals surface area contributed by atoms with Gasteiger partial charge in [0.1, 0.15) is 11.9 Å². The Morgan fingerprint density at radius 3 is 2.96 bits per heavy atom. The average molecular weight is 344 g/mol. The van der Waals surface area contributed by atoms with Crippen LogP contribution in [0.3, 0.4) is 0 Å². The van der Waals surface area contributed by atoms with Crippen molar-refractivity contribution in [3.8, 4) is 5.75 Å². The predicted octanol–water partition coefficient (Wildman–Crippen LogP) is 2.99. The molecule has 2 aliphatic rings. The highest BCUT2D eigenvalue weighted by molar-refractivity contribution is 7.08. The Labute approximate surface area is 145 Å². The molecule has 5 nitrogen and oxygen atoms in total. The van der Waals surface area contributed by atoms with Gasteiger partial charge >= 0.3 is 0 Å². The van der Waals surface area contributed by atoms with Crippen molar-refractivity contribution in [2.75, 3.05) is 19.7 Å². The van der Waals surface area contributed by atoms with Crippen molar-refractivity contribution in [1.29, 1.82) is 0 Å². The molecule has 4 rings (SSSR count). The molecule has 2 aromatic heterocycles. The maximum absolute atomic E-state index is 12.4. The second-order valence-corrected chi connectivity index (χ2v) is 7.21. The van der Waals surface area contributed by atoms with Crippen LogP contribution in [0.15, 0.2) is 41.4 Å². The fourth-order valence-corrected chi connectivity index (χ4v) is 4.15. The van der Waals surface area contributed by atoms with Crippen molar-refractivity contribution in [2.24, 2.45) is 0 Å². The largest absolute Gasteiger partial charge is 0.486 e. The standard InChI is InChI=1S/C18H20N2O3S/c21-17(14-3-9-24-13-14)20-7-4-18(5-8-20)10-16(12-22-18)23-15-2-1-6-19-11-15/h1-3,6,9,11,13,16H,4-5,7-8,10,12H2. The van der Waals surface area contributed by atoms with Gasteiger partial charge in [0, 0.05) is 31.1 Å². The third kappa shape index (κ3) is 3.16. The zero-order valence-corrected chi connectivity index (χ0v) is 14.2. The predicted molar refractivity (Wildman–Crippen MR) is 91.4 cm³/mol. The molecule has 1 unspecified atom stereocenters. The number of amides is 1. The van der Waals surface area contributed by atoms with Gasteiger partial charge < -0.3 is 14.4 Å². The molecule has 0 radical (unpaired) electrons. The zero-order chi connectivity index (χ0) is 16.4. The zero-order valence-electron chi connectivity index (χ0n) is 13.4. The van der Waals surface area contributed by atoms with E-state index in [4.69, 9.17) is 9.47 Å². The van der Waals surface area contributed by atoms with Crippen LogP contribution in [-0.4, -0.2) is 47.2 Å². The van der Waals surface area contributed by atoms with Gasteiger partial charge in [-0.25, -0.2) is 0 Å². The number of nitrogens with zero attached hydrogens (tertiary/aromatic N) is 2. The van der Waals surface area contributed by atoms with Gasteiger partial charge in [-0.2, -0.15) is 11.3 Å². The van der Waals surface area contributed by atoms with Crippen molar-refractivity contribution in [3.63, 3.8) is 0 Å². The van der Waals surface area contributed by atoms with E-state index >= 15 is 0 Å². The highest BCUT2D eigenvalue weighted by Gasteiger charge is 2.44. The molecule has 0 aliphatic carbocycles. The summed E-state index contributed by atoms with van der Waals surface area (Å²) in [5.41, 5.74) is 0.652. The third-order valence-electron chi connectivity index (χ3n) is 4.84. The van der Waals surface area contributed by atoms with Crippen molar-refractivity contribution in [1.82, 2.24) is 9.88 Å². The Kier molecular flexibility index (Phi) is 4.24. The number of likely N-dealkylation sites (tertiary alicyclic amines) is 1. The lowest BCUT2D eigenvalue weighted by molar-refractivity contribution is -0.0395. The SMILES string of the molecule is O=C(c1ccsc1)N1CCC2(CC1)CC(Oc1cccnc1)CO2. The Morgan fingerprint density at radius 2 is 2.25 bits per heavy atom. The summed E-state index contributed by atoms with van der Waals surface area (Å²) in [5.74, 6) is 0.917. The number of thiophene rings is 1. The van der Waals surface area contributed by atoms with Crippen LogP contribution >= 0.6 is 11.3 Å². The van der Waals surface area contributed by atoms with Crippen LogP contribution < -0.4 is 4.74 Å². The summed E-state index contributed by atoms with van der Waals surface area (Å²) in [7, 11) is 0. The van der Waals surface area contributed by atoms with Gasteiger partial charge in [-0.3, -0.25) is 9.78 Å². The van der Waals surface area contributed by atoms with Crippen LogP contribution in [0.5, 0.6) is 5.75 Å². The molecule has 2 saturated heterocycles. The normalized spacial score (nSPS) is 22.7. The van der Waals surface area contributed by atoms with Crippen molar-refractivity contribution < 1.29 is 14.3 Å². The van der Waals surface area contributed by atoms with Crippen LogP contribution in [0.25, 0.3) is 0 Å². The average Bonchev–Trinajstić information content (AvgIpc) is 3.27. The van der Waals surface area contributed by atoms with E-state index in [0.717, 1.165) is 43.7 Å². The van der Waals surface area contributed by atoms with Gasteiger partial charge in [0.15, 0.2) is 0 Å². The number of carbonyl (C=O) groups excluding carboxylic acids is 1. The number of rotatable bonds is 3. The first-order chi connectivity index (χ1) is 11.7. The van der Waals surface area contributed by atoms with E-state index in [9.17, 15) is 4.79 Å². The molecule has 1 atom stereocenters. The van der Waals surface area contributed by atoms with Crippen molar-refractivity contribution in [3.05, 3.63) is 46.9 Å². The van der Waals surface area contributed by atoms with Gasteiger partial charge in [-0.05, 0) is 36.4 Å². The van der Waals surface area contributed by atoms with E-state index in [-0.39, 0.29) is 17.6 Å². The molecule has 24 heavy (non-hydrogen) atoms. The summed E-state index contributed by atoms with van der Waals surface area (Å²) in [6.07, 6.45) is 6.15. The maximum atomic E-state index is 12.4. The lowest BCUT2D eigenvalue weighted by Gasteiger charge is -2.38. The van der Waals surface area contributed by atoms with E-state index in [1.807, 2.05) is 33.9 Å². The first-order valence-corrected chi connectivity index (χ1v) is 9.21. The number of aromatic nitrogens is 1. The molecule has 0 bridgehead atoms. The summed E-state index contributed by atoms with van der Waals surface area (Å²) in [5, 5.41) is 3.86. The molecule has 2 aromatic rings. The van der Waals surface area contributed by atoms with Crippen LogP contribution in [-0.2, 0) is 4.74 Å². The first-order valence-electron chi connectivity index (χ1n) is 8.26. The lowest BCUT2D eigenvalue weighted by Crippen LogP contribution is -2.46. The molecule has 2 aliphatic heterocycles. The number of hydrogen-bond donors (Lipinski definition) is 0.